The normalized spacial score (nSPS) is 20.6. The summed E-state index contributed by atoms with van der Waals surface area (Å²) >= 11 is 0. The summed E-state index contributed by atoms with van der Waals surface area (Å²) in [6.07, 6.45) is 5.74. The topological polar surface area (TPSA) is 12.0 Å². The van der Waals surface area contributed by atoms with E-state index in [1.165, 1.54) is 47.9 Å². The number of hydrogen-bond acceptors (Lipinski definition) is 1. The van der Waals surface area contributed by atoms with Crippen LogP contribution in [-0.2, 0) is 0 Å². The largest absolute Gasteiger partial charge is 0.303 e. The van der Waals surface area contributed by atoms with Crippen molar-refractivity contribution in [3.63, 3.8) is 0 Å². The minimum absolute atomic E-state index is 0.406. The lowest BCUT2D eigenvalue weighted by molar-refractivity contribution is 0.391. The second-order valence-corrected chi connectivity index (χ2v) is 6.97. The molecule has 0 aromatic heterocycles. The molecule has 0 saturated heterocycles. The van der Waals surface area contributed by atoms with Crippen molar-refractivity contribution in [3.8, 4) is 11.1 Å². The molecule has 5 rings (SSSR count). The van der Waals surface area contributed by atoms with Crippen molar-refractivity contribution in [2.24, 2.45) is 11.8 Å². The lowest BCUT2D eigenvalue weighted by atomic mass is 10.0. The van der Waals surface area contributed by atoms with Crippen molar-refractivity contribution in [2.45, 2.75) is 37.8 Å². The molecule has 2 aromatic carbocycles. The lowest BCUT2D eigenvalue weighted by Crippen LogP contribution is -2.36. The number of hydrogen-bond donors (Lipinski definition) is 1. The van der Waals surface area contributed by atoms with E-state index in [0.29, 0.717) is 6.04 Å². The fourth-order valence-corrected chi connectivity index (χ4v) is 4.10. The molecule has 0 amide bonds. The molecule has 0 atom stereocenters. The van der Waals surface area contributed by atoms with Gasteiger partial charge in [-0.2, -0.15) is 0 Å². The zero-order chi connectivity index (χ0) is 13.8. The number of nitrogens with one attached hydrogen (secondary N) is 1. The minimum atomic E-state index is 0.406. The first-order valence-electron chi connectivity index (χ1n) is 8.36. The molecule has 2 saturated carbocycles. The predicted molar refractivity (Wildman–Crippen MR) is 86.1 cm³/mol. The average Bonchev–Trinajstić information content (AvgIpc) is 3.43. The molecule has 0 bridgehead atoms. The molecule has 21 heavy (non-hydrogen) atoms. The van der Waals surface area contributed by atoms with E-state index in [2.05, 4.69) is 53.8 Å². The highest BCUT2D eigenvalue weighted by Gasteiger charge is 2.43. The summed E-state index contributed by atoms with van der Waals surface area (Å²) in [4.78, 5) is 0. The number of fused-ring (bicyclic) bond motifs is 3. The van der Waals surface area contributed by atoms with Crippen LogP contribution in [0.15, 0.2) is 48.5 Å². The van der Waals surface area contributed by atoms with Crippen LogP contribution in [0.1, 0.15) is 42.9 Å². The molecule has 3 aliphatic carbocycles. The van der Waals surface area contributed by atoms with E-state index in [1.807, 2.05) is 0 Å². The summed E-state index contributed by atoms with van der Waals surface area (Å²) in [5.74, 6) is 1.88. The fourth-order valence-electron chi connectivity index (χ4n) is 4.10. The van der Waals surface area contributed by atoms with Gasteiger partial charge >= 0.3 is 0 Å². The monoisotopic (exact) mass is 275 g/mol. The third kappa shape index (κ3) is 1.95. The quantitative estimate of drug-likeness (QED) is 0.864. The molecule has 3 aliphatic rings. The van der Waals surface area contributed by atoms with Crippen LogP contribution in [0.5, 0.6) is 0 Å². The first kappa shape index (κ1) is 12.0. The van der Waals surface area contributed by atoms with Gasteiger partial charge in [-0.05, 0) is 59.8 Å². The van der Waals surface area contributed by atoms with Gasteiger partial charge in [0.15, 0.2) is 0 Å². The maximum Gasteiger partial charge on any atom is 0.0591 e. The van der Waals surface area contributed by atoms with Crippen LogP contribution in [0.4, 0.5) is 0 Å². The van der Waals surface area contributed by atoms with Crippen molar-refractivity contribution >= 4 is 0 Å². The van der Waals surface area contributed by atoms with Gasteiger partial charge in [-0.25, -0.2) is 0 Å². The van der Waals surface area contributed by atoms with Crippen LogP contribution in [0.3, 0.4) is 0 Å². The van der Waals surface area contributed by atoms with E-state index in [9.17, 15) is 0 Å². The Morgan fingerprint density at radius 1 is 0.714 bits per heavy atom. The lowest BCUT2D eigenvalue weighted by Gasteiger charge is -2.24. The molecular weight excluding hydrogens is 254 g/mol. The first-order chi connectivity index (χ1) is 10.4. The average molecular weight is 275 g/mol. The molecule has 106 valence electrons. The first-order valence-corrected chi connectivity index (χ1v) is 8.36. The van der Waals surface area contributed by atoms with Crippen LogP contribution in [-0.4, -0.2) is 6.04 Å². The minimum Gasteiger partial charge on any atom is -0.303 e. The summed E-state index contributed by atoms with van der Waals surface area (Å²) in [5, 5.41) is 4.05. The molecule has 1 heteroatoms. The van der Waals surface area contributed by atoms with Gasteiger partial charge in [0.05, 0.1) is 6.04 Å². The molecule has 0 aliphatic heterocycles. The van der Waals surface area contributed by atoms with Crippen LogP contribution >= 0.6 is 0 Å². The SMILES string of the molecule is c1ccc2c(c1)-c1ccccc1C2NC(C1CC1)C1CC1. The van der Waals surface area contributed by atoms with Crippen molar-refractivity contribution in [1.82, 2.24) is 5.32 Å². The molecule has 2 fully saturated rings. The van der Waals surface area contributed by atoms with E-state index in [4.69, 9.17) is 0 Å². The highest BCUT2D eigenvalue weighted by Crippen LogP contribution is 2.48. The number of benzene rings is 2. The van der Waals surface area contributed by atoms with E-state index in [1.54, 1.807) is 0 Å². The Morgan fingerprint density at radius 2 is 1.19 bits per heavy atom. The standard InChI is InChI=1S/C20H21N/c1-3-7-17-15(5-1)16-6-2-4-8-18(16)20(17)21-19(13-9-10-13)14-11-12-14/h1-8,13-14,19-21H,9-12H2. The van der Waals surface area contributed by atoms with Gasteiger partial charge < -0.3 is 5.32 Å². The van der Waals surface area contributed by atoms with Gasteiger partial charge in [-0.15, -0.1) is 0 Å². The highest BCUT2D eigenvalue weighted by molar-refractivity contribution is 5.78. The summed E-state index contributed by atoms with van der Waals surface area (Å²) in [6.45, 7) is 0. The maximum absolute atomic E-state index is 4.05. The third-order valence-electron chi connectivity index (χ3n) is 5.45. The molecule has 0 heterocycles. The molecule has 0 spiro atoms. The smallest absolute Gasteiger partial charge is 0.0591 e. The Morgan fingerprint density at radius 3 is 1.67 bits per heavy atom. The van der Waals surface area contributed by atoms with Gasteiger partial charge in [-0.3, -0.25) is 0 Å². The Hall–Kier alpha value is -1.60. The van der Waals surface area contributed by atoms with E-state index in [0.717, 1.165) is 17.9 Å². The van der Waals surface area contributed by atoms with Gasteiger partial charge in [0.2, 0.25) is 0 Å². The van der Waals surface area contributed by atoms with Gasteiger partial charge in [0, 0.05) is 6.04 Å². The van der Waals surface area contributed by atoms with E-state index >= 15 is 0 Å². The Kier molecular flexibility index (Phi) is 2.54. The van der Waals surface area contributed by atoms with Crippen molar-refractivity contribution in [1.29, 1.82) is 0 Å². The van der Waals surface area contributed by atoms with Gasteiger partial charge in [0.1, 0.15) is 0 Å². The fraction of sp³-hybridized carbons (Fsp3) is 0.400. The van der Waals surface area contributed by atoms with Crippen molar-refractivity contribution < 1.29 is 0 Å². The van der Waals surface area contributed by atoms with Gasteiger partial charge in [-0.1, -0.05) is 48.5 Å². The molecule has 2 aromatic rings. The highest BCUT2D eigenvalue weighted by atomic mass is 15.0. The van der Waals surface area contributed by atoms with Crippen LogP contribution < -0.4 is 5.32 Å². The Labute approximate surface area is 126 Å². The Bertz CT molecular complexity index is 624. The third-order valence-corrected chi connectivity index (χ3v) is 5.45. The summed E-state index contributed by atoms with van der Waals surface area (Å²) in [6, 6.07) is 19.0. The number of rotatable bonds is 4. The Balaban J connectivity index is 1.56. The van der Waals surface area contributed by atoms with Crippen molar-refractivity contribution in [3.05, 3.63) is 59.7 Å². The summed E-state index contributed by atoms with van der Waals surface area (Å²) < 4.78 is 0. The maximum atomic E-state index is 4.05. The van der Waals surface area contributed by atoms with E-state index in [-0.39, 0.29) is 0 Å². The molecule has 0 unspecified atom stereocenters. The molecule has 1 N–H and O–H groups in total. The van der Waals surface area contributed by atoms with Crippen LogP contribution in [0, 0.1) is 11.8 Å². The summed E-state index contributed by atoms with van der Waals surface area (Å²) in [5.41, 5.74) is 5.81. The zero-order valence-electron chi connectivity index (χ0n) is 12.3. The van der Waals surface area contributed by atoms with Gasteiger partial charge in [0.25, 0.3) is 0 Å². The second-order valence-electron chi connectivity index (χ2n) is 6.97. The predicted octanol–water partition coefficient (Wildman–Crippen LogP) is 4.53. The van der Waals surface area contributed by atoms with Crippen LogP contribution in [0.2, 0.25) is 0 Å². The molecule has 1 nitrogen and oxygen atoms in total. The van der Waals surface area contributed by atoms with Crippen LogP contribution in [0.25, 0.3) is 11.1 Å². The second kappa shape index (κ2) is 4.45. The van der Waals surface area contributed by atoms with Crippen molar-refractivity contribution in [2.75, 3.05) is 0 Å². The zero-order valence-corrected chi connectivity index (χ0v) is 12.3. The molecular formula is C20H21N. The summed E-state index contributed by atoms with van der Waals surface area (Å²) in [7, 11) is 0. The van der Waals surface area contributed by atoms with E-state index < -0.39 is 0 Å². The molecule has 0 radical (unpaired) electrons.